The number of para-hydroxylation sites is 1. The second-order valence-corrected chi connectivity index (χ2v) is 6.10. The molecule has 1 aromatic carbocycles. The van der Waals surface area contributed by atoms with Crippen molar-refractivity contribution in [2.45, 2.75) is 6.92 Å². The van der Waals surface area contributed by atoms with E-state index in [2.05, 4.69) is 15.4 Å². The van der Waals surface area contributed by atoms with Crippen LogP contribution in [0.1, 0.15) is 12.5 Å². The van der Waals surface area contributed by atoms with E-state index < -0.39 is 6.03 Å². The first-order chi connectivity index (χ1) is 11.5. The van der Waals surface area contributed by atoms with Crippen LogP contribution in [0.3, 0.4) is 0 Å². The number of benzene rings is 1. The highest BCUT2D eigenvalue weighted by Crippen LogP contribution is 2.27. The van der Waals surface area contributed by atoms with E-state index in [1.807, 2.05) is 6.07 Å². The van der Waals surface area contributed by atoms with Gasteiger partial charge in [-0.15, -0.1) is 0 Å². The van der Waals surface area contributed by atoms with Crippen molar-refractivity contribution in [2.75, 3.05) is 5.01 Å². The molecule has 3 rings (SSSR count). The van der Waals surface area contributed by atoms with Crippen molar-refractivity contribution in [1.82, 2.24) is 10.3 Å². The molecule has 2 heterocycles. The standard InChI is InChI=1S/C16H11Cl3N4O/c1-9-14(10-7-12(17)20-13(18)8-10)21-16(24)23(22-15(9)19)11-5-3-2-4-6-11/h2-8H,1H3,(H,21,24). The third-order valence-electron chi connectivity index (χ3n) is 3.35. The lowest BCUT2D eigenvalue weighted by atomic mass is 10.1. The van der Waals surface area contributed by atoms with E-state index in [4.69, 9.17) is 34.8 Å². The molecule has 122 valence electrons. The van der Waals surface area contributed by atoms with Crippen molar-refractivity contribution >= 4 is 57.4 Å². The van der Waals surface area contributed by atoms with Crippen LogP contribution in [0, 0.1) is 0 Å². The van der Waals surface area contributed by atoms with E-state index in [0.717, 1.165) is 0 Å². The molecule has 8 heteroatoms. The molecular weight excluding hydrogens is 371 g/mol. The zero-order valence-corrected chi connectivity index (χ0v) is 14.7. The van der Waals surface area contributed by atoms with Gasteiger partial charge in [-0.25, -0.2) is 9.78 Å². The minimum Gasteiger partial charge on any atom is -0.305 e. The number of hydrogen-bond acceptors (Lipinski definition) is 3. The molecule has 0 radical (unpaired) electrons. The van der Waals surface area contributed by atoms with Crippen molar-refractivity contribution in [1.29, 1.82) is 0 Å². The number of urea groups is 1. The van der Waals surface area contributed by atoms with E-state index in [0.29, 0.717) is 22.5 Å². The largest absolute Gasteiger partial charge is 0.347 e. The molecule has 0 bridgehead atoms. The van der Waals surface area contributed by atoms with Crippen molar-refractivity contribution in [3.63, 3.8) is 0 Å². The summed E-state index contributed by atoms with van der Waals surface area (Å²) in [4.78, 5) is 16.5. The van der Waals surface area contributed by atoms with E-state index in [-0.39, 0.29) is 15.5 Å². The summed E-state index contributed by atoms with van der Waals surface area (Å²) < 4.78 is 0. The van der Waals surface area contributed by atoms with Crippen LogP contribution in [0.5, 0.6) is 0 Å². The fourth-order valence-corrected chi connectivity index (χ4v) is 2.84. The van der Waals surface area contributed by atoms with Gasteiger partial charge in [0, 0.05) is 11.1 Å². The molecule has 0 saturated heterocycles. The van der Waals surface area contributed by atoms with Gasteiger partial charge in [-0.1, -0.05) is 53.0 Å². The number of anilines is 1. The van der Waals surface area contributed by atoms with Gasteiger partial charge >= 0.3 is 6.03 Å². The minimum atomic E-state index is -0.449. The molecule has 24 heavy (non-hydrogen) atoms. The van der Waals surface area contributed by atoms with Gasteiger partial charge in [-0.05, 0) is 31.2 Å². The van der Waals surface area contributed by atoms with Crippen LogP contribution < -0.4 is 10.3 Å². The Labute approximate surface area is 153 Å². The zero-order chi connectivity index (χ0) is 17.3. The number of halogens is 3. The van der Waals surface area contributed by atoms with Crippen molar-refractivity contribution in [3.05, 3.63) is 63.9 Å². The Bertz CT molecular complexity index is 845. The summed E-state index contributed by atoms with van der Waals surface area (Å²) in [7, 11) is 0. The highest BCUT2D eigenvalue weighted by atomic mass is 35.5. The third kappa shape index (κ3) is 3.38. The maximum atomic E-state index is 12.6. The lowest BCUT2D eigenvalue weighted by Crippen LogP contribution is -2.34. The number of aromatic nitrogens is 1. The molecule has 0 unspecified atom stereocenters. The summed E-state index contributed by atoms with van der Waals surface area (Å²) in [5.41, 5.74) is 2.24. The summed E-state index contributed by atoms with van der Waals surface area (Å²) in [6, 6.07) is 11.7. The number of carbonyl (C=O) groups is 1. The van der Waals surface area contributed by atoms with Crippen LogP contribution >= 0.6 is 34.8 Å². The monoisotopic (exact) mass is 380 g/mol. The number of allylic oxidation sites excluding steroid dienone is 1. The number of nitrogens with one attached hydrogen (secondary N) is 1. The lowest BCUT2D eigenvalue weighted by Gasteiger charge is -2.17. The fourth-order valence-electron chi connectivity index (χ4n) is 2.21. The molecule has 0 fully saturated rings. The summed E-state index contributed by atoms with van der Waals surface area (Å²) in [5, 5.41) is 8.79. The third-order valence-corrected chi connectivity index (χ3v) is 4.10. The second kappa shape index (κ2) is 6.81. The Morgan fingerprint density at radius 2 is 1.67 bits per heavy atom. The Hall–Kier alpha value is -2.08. The minimum absolute atomic E-state index is 0.177. The first kappa shape index (κ1) is 16.8. The average molecular weight is 382 g/mol. The molecule has 2 aromatic rings. The number of rotatable bonds is 2. The van der Waals surface area contributed by atoms with Crippen molar-refractivity contribution < 1.29 is 4.79 Å². The Balaban J connectivity index is 2.05. The Morgan fingerprint density at radius 1 is 1.04 bits per heavy atom. The number of nitrogens with zero attached hydrogens (tertiary/aromatic N) is 3. The molecule has 1 aliphatic rings. The fraction of sp³-hybridized carbons (Fsp3) is 0.0625. The number of amides is 2. The smallest absolute Gasteiger partial charge is 0.305 e. The normalized spacial score (nSPS) is 15.1. The molecule has 0 saturated carbocycles. The van der Waals surface area contributed by atoms with Crippen molar-refractivity contribution in [3.8, 4) is 0 Å². The van der Waals surface area contributed by atoms with Gasteiger partial charge in [0.2, 0.25) is 0 Å². The quantitative estimate of drug-likeness (QED) is 0.752. The van der Waals surface area contributed by atoms with Crippen LogP contribution in [-0.4, -0.2) is 16.2 Å². The Kier molecular flexibility index (Phi) is 4.76. The molecule has 1 aromatic heterocycles. The summed E-state index contributed by atoms with van der Waals surface area (Å²) in [6.07, 6.45) is 0. The van der Waals surface area contributed by atoms with Gasteiger partial charge in [-0.2, -0.15) is 10.1 Å². The number of pyridine rings is 1. The summed E-state index contributed by atoms with van der Waals surface area (Å²) in [6.45, 7) is 1.75. The average Bonchev–Trinajstić information content (AvgIpc) is 2.66. The van der Waals surface area contributed by atoms with Gasteiger partial charge in [0.25, 0.3) is 0 Å². The number of hydrogen-bond donors (Lipinski definition) is 1. The SMILES string of the molecule is CC1=C(c2cc(Cl)nc(Cl)c2)NC(=O)N(c2ccccc2)N=C1Cl. The highest BCUT2D eigenvalue weighted by molar-refractivity contribution is 6.70. The maximum Gasteiger partial charge on any atom is 0.347 e. The van der Waals surface area contributed by atoms with Crippen LogP contribution in [0.25, 0.3) is 5.70 Å². The molecule has 2 amide bonds. The number of hydrazone groups is 1. The molecule has 1 N–H and O–H groups in total. The van der Waals surface area contributed by atoms with E-state index in [1.54, 1.807) is 43.3 Å². The molecule has 1 aliphatic heterocycles. The van der Waals surface area contributed by atoms with E-state index >= 15 is 0 Å². The van der Waals surface area contributed by atoms with Gasteiger partial charge in [-0.3, -0.25) is 0 Å². The van der Waals surface area contributed by atoms with Crippen LogP contribution in [0.2, 0.25) is 10.3 Å². The van der Waals surface area contributed by atoms with Crippen LogP contribution in [0.15, 0.2) is 53.1 Å². The molecule has 5 nitrogen and oxygen atoms in total. The first-order valence-electron chi connectivity index (χ1n) is 6.90. The van der Waals surface area contributed by atoms with Crippen molar-refractivity contribution in [2.24, 2.45) is 5.10 Å². The second-order valence-electron chi connectivity index (χ2n) is 4.97. The first-order valence-corrected chi connectivity index (χ1v) is 8.04. The zero-order valence-electron chi connectivity index (χ0n) is 12.4. The van der Waals surface area contributed by atoms with Gasteiger partial charge in [0.05, 0.1) is 11.4 Å². The molecule has 0 spiro atoms. The topological polar surface area (TPSA) is 57.6 Å². The van der Waals surface area contributed by atoms with Crippen LogP contribution in [-0.2, 0) is 0 Å². The number of carbonyl (C=O) groups excluding carboxylic acids is 1. The van der Waals surface area contributed by atoms with Gasteiger partial charge < -0.3 is 5.32 Å². The van der Waals surface area contributed by atoms with E-state index in [1.165, 1.54) is 5.01 Å². The lowest BCUT2D eigenvalue weighted by molar-refractivity contribution is 0.250. The Morgan fingerprint density at radius 3 is 2.29 bits per heavy atom. The maximum absolute atomic E-state index is 12.6. The molecule has 0 atom stereocenters. The van der Waals surface area contributed by atoms with E-state index in [9.17, 15) is 4.79 Å². The predicted molar refractivity (Wildman–Crippen MR) is 97.6 cm³/mol. The summed E-state index contributed by atoms with van der Waals surface area (Å²) in [5.74, 6) is 0. The van der Waals surface area contributed by atoms with Gasteiger partial charge in [0.15, 0.2) is 5.17 Å². The van der Waals surface area contributed by atoms with Crippen LogP contribution in [0.4, 0.5) is 10.5 Å². The van der Waals surface area contributed by atoms with Gasteiger partial charge in [0.1, 0.15) is 10.3 Å². The summed E-state index contributed by atoms with van der Waals surface area (Å²) >= 11 is 18.2. The molecular formula is C16H11Cl3N4O. The molecule has 0 aliphatic carbocycles. The predicted octanol–water partition coefficient (Wildman–Crippen LogP) is 4.90. The highest BCUT2D eigenvalue weighted by Gasteiger charge is 2.24.